The fourth-order valence-electron chi connectivity index (χ4n) is 12.5. The molecule has 41 heavy (non-hydrogen) atoms. The summed E-state index contributed by atoms with van der Waals surface area (Å²) in [6.07, 6.45) is 11.1. The van der Waals surface area contributed by atoms with Crippen molar-refractivity contribution in [3.8, 4) is 0 Å². The summed E-state index contributed by atoms with van der Waals surface area (Å²) in [7, 11) is 0. The molecule has 5 fully saturated rings. The van der Waals surface area contributed by atoms with E-state index in [0.717, 1.165) is 31.4 Å². The van der Waals surface area contributed by atoms with Gasteiger partial charge in [-0.2, -0.15) is 0 Å². The average Bonchev–Trinajstić information content (AvgIpc) is 3.36. The molecule has 0 radical (unpaired) electrons. The molecule has 11 atom stereocenters. The van der Waals surface area contributed by atoms with Gasteiger partial charge < -0.3 is 14.9 Å². The zero-order valence-corrected chi connectivity index (χ0v) is 26.6. The number of fused-ring (bicyclic) bond motifs is 7. The molecule has 1 aromatic rings. The summed E-state index contributed by atoms with van der Waals surface area (Å²) >= 11 is 0. The molecule has 0 saturated heterocycles. The first-order chi connectivity index (χ1) is 19.4. The summed E-state index contributed by atoms with van der Waals surface area (Å²) in [6, 6.07) is 10.5. The first-order valence-electron chi connectivity index (χ1n) is 16.7. The van der Waals surface area contributed by atoms with Gasteiger partial charge in [0.1, 0.15) is 6.61 Å². The van der Waals surface area contributed by atoms with Crippen LogP contribution in [0.4, 0.5) is 0 Å². The molecule has 0 amide bonds. The van der Waals surface area contributed by atoms with Crippen molar-refractivity contribution in [2.45, 2.75) is 112 Å². The Bertz CT molecular complexity index is 1180. The molecule has 1 aromatic carbocycles. The van der Waals surface area contributed by atoms with Gasteiger partial charge in [-0.05, 0) is 123 Å². The number of hydrogen-bond donors (Lipinski definition) is 2. The van der Waals surface area contributed by atoms with E-state index in [2.05, 4.69) is 78.1 Å². The maximum absolute atomic E-state index is 11.1. The van der Waals surface area contributed by atoms with Gasteiger partial charge >= 0.3 is 0 Å². The van der Waals surface area contributed by atoms with Crippen molar-refractivity contribution in [2.75, 3.05) is 6.61 Å². The van der Waals surface area contributed by atoms with E-state index in [4.69, 9.17) is 4.74 Å². The summed E-state index contributed by atoms with van der Waals surface area (Å²) in [6.45, 7) is 22.2. The molecule has 3 nitrogen and oxygen atoms in total. The Labute approximate surface area is 249 Å². The van der Waals surface area contributed by atoms with Crippen LogP contribution in [0.1, 0.15) is 104 Å². The summed E-state index contributed by atoms with van der Waals surface area (Å²) in [5.74, 6) is 3.75. The van der Waals surface area contributed by atoms with Crippen molar-refractivity contribution < 1.29 is 14.9 Å². The van der Waals surface area contributed by atoms with Crippen LogP contribution in [0.3, 0.4) is 0 Å². The lowest BCUT2D eigenvalue weighted by atomic mass is 9.32. The molecule has 6 rings (SSSR count). The van der Waals surface area contributed by atoms with Gasteiger partial charge in [-0.1, -0.05) is 76.8 Å². The van der Waals surface area contributed by atoms with Crippen LogP contribution in [0.2, 0.25) is 0 Å². The largest absolute Gasteiger partial charge is 0.493 e. The van der Waals surface area contributed by atoms with E-state index in [1.165, 1.54) is 49.7 Å². The number of aliphatic hydroxyl groups is 2. The third-order valence-corrected chi connectivity index (χ3v) is 15.0. The summed E-state index contributed by atoms with van der Waals surface area (Å²) in [5.41, 5.74) is 2.87. The van der Waals surface area contributed by atoms with E-state index in [-0.39, 0.29) is 28.3 Å². The second-order valence-electron chi connectivity index (χ2n) is 16.3. The van der Waals surface area contributed by atoms with Gasteiger partial charge in [-0.15, -0.1) is 0 Å². The van der Waals surface area contributed by atoms with E-state index in [1.807, 2.05) is 0 Å². The van der Waals surface area contributed by atoms with Crippen LogP contribution >= 0.6 is 0 Å². The van der Waals surface area contributed by atoms with Crippen LogP contribution < -0.4 is 0 Å². The smallest absolute Gasteiger partial charge is 0.113 e. The van der Waals surface area contributed by atoms with Crippen molar-refractivity contribution in [3.63, 3.8) is 0 Å². The highest BCUT2D eigenvalue weighted by Gasteiger charge is 2.71. The van der Waals surface area contributed by atoms with E-state index < -0.39 is 11.5 Å². The van der Waals surface area contributed by atoms with Crippen molar-refractivity contribution in [1.82, 2.24) is 0 Å². The molecule has 5 saturated carbocycles. The minimum Gasteiger partial charge on any atom is -0.493 e. The second kappa shape index (κ2) is 9.98. The molecule has 5 aliphatic rings. The molecule has 2 N–H and O–H groups in total. The maximum Gasteiger partial charge on any atom is 0.113 e. The van der Waals surface area contributed by atoms with Crippen LogP contribution in [0.25, 0.3) is 0 Å². The van der Waals surface area contributed by atoms with Gasteiger partial charge in [0.15, 0.2) is 0 Å². The Morgan fingerprint density at radius 2 is 1.59 bits per heavy atom. The molecule has 5 aliphatic carbocycles. The minimum atomic E-state index is -0.395. The van der Waals surface area contributed by atoms with Gasteiger partial charge in [-0.25, -0.2) is 0 Å². The molecule has 0 aliphatic heterocycles. The van der Waals surface area contributed by atoms with Crippen molar-refractivity contribution in [3.05, 3.63) is 60.4 Å². The Balaban J connectivity index is 1.34. The molecule has 3 heteroatoms. The Morgan fingerprint density at radius 3 is 2.27 bits per heavy atom. The number of ether oxygens (including phenoxy) is 1. The van der Waals surface area contributed by atoms with Gasteiger partial charge in [0.2, 0.25) is 0 Å². The van der Waals surface area contributed by atoms with Gasteiger partial charge in [-0.3, -0.25) is 0 Å². The highest BCUT2D eigenvalue weighted by Crippen LogP contribution is 2.78. The molecule has 0 aromatic heterocycles. The van der Waals surface area contributed by atoms with E-state index in [1.54, 1.807) is 0 Å². The van der Waals surface area contributed by atoms with Crippen LogP contribution in [-0.2, 0) is 11.3 Å². The SMILES string of the molecule is C=C(C)[C@@H]1CC[C@]2(C(=C)OCc3ccccc3)CC[C@]3(C)C(CCC4[C@@]5(C)CC[C@H](O)[C@@](C)(CO)[C@@H]5CC[C@]43C)[C@@H]12. The predicted octanol–water partition coefficient (Wildman–Crippen LogP) is 8.71. The third-order valence-electron chi connectivity index (χ3n) is 15.0. The Morgan fingerprint density at radius 1 is 0.854 bits per heavy atom. The first-order valence-corrected chi connectivity index (χ1v) is 16.7. The number of hydrogen-bond acceptors (Lipinski definition) is 3. The number of benzene rings is 1. The number of rotatable bonds is 6. The Hall–Kier alpha value is -1.58. The molecular formula is C38H56O3. The topological polar surface area (TPSA) is 49.7 Å². The first kappa shape index (κ1) is 29.5. The number of allylic oxidation sites excluding steroid dienone is 2. The second-order valence-corrected chi connectivity index (χ2v) is 16.3. The lowest BCUT2D eigenvalue weighted by molar-refractivity contribution is -0.253. The third kappa shape index (κ3) is 3.96. The zero-order chi connectivity index (χ0) is 29.4. The zero-order valence-electron chi connectivity index (χ0n) is 26.6. The monoisotopic (exact) mass is 560 g/mol. The van der Waals surface area contributed by atoms with E-state index in [0.29, 0.717) is 36.2 Å². The lowest BCUT2D eigenvalue weighted by Crippen LogP contribution is -2.67. The maximum atomic E-state index is 11.1. The lowest BCUT2D eigenvalue weighted by Gasteiger charge is -2.73. The standard InChI is InChI=1S/C38H56O3/c1-25(2)28-15-20-38(26(3)41-23-27-11-9-8-10-12-27)22-21-36(6)29(33(28)38)13-14-31-34(4)18-17-32(40)35(5,24-39)30(34)16-19-37(31,36)7/h8-12,28-33,39-40H,1,3,13-24H2,2,4-7H3/t28-,29?,30+,31?,32-,33+,34-,35-,36+,37+,38+/m0/s1. The summed E-state index contributed by atoms with van der Waals surface area (Å²) in [5, 5.41) is 21.6. The quantitative estimate of drug-likeness (QED) is 0.270. The Kier molecular flexibility index (Phi) is 7.18. The molecular weight excluding hydrogens is 504 g/mol. The fourth-order valence-corrected chi connectivity index (χ4v) is 12.5. The van der Waals surface area contributed by atoms with Crippen molar-refractivity contribution in [1.29, 1.82) is 0 Å². The van der Waals surface area contributed by atoms with Gasteiger partial charge in [0.05, 0.1) is 18.5 Å². The molecule has 2 unspecified atom stereocenters. The van der Waals surface area contributed by atoms with Gasteiger partial charge in [0.25, 0.3) is 0 Å². The van der Waals surface area contributed by atoms with Crippen molar-refractivity contribution >= 4 is 0 Å². The normalized spacial score (nSPS) is 48.8. The molecule has 0 heterocycles. The van der Waals surface area contributed by atoms with Crippen LogP contribution in [0, 0.1) is 56.7 Å². The highest BCUT2D eigenvalue weighted by atomic mass is 16.5. The fraction of sp³-hybridized carbons (Fsp3) is 0.737. The van der Waals surface area contributed by atoms with Crippen LogP contribution in [0.15, 0.2) is 54.8 Å². The summed E-state index contributed by atoms with van der Waals surface area (Å²) < 4.78 is 6.61. The van der Waals surface area contributed by atoms with E-state index in [9.17, 15) is 10.2 Å². The highest BCUT2D eigenvalue weighted by molar-refractivity contribution is 5.26. The van der Waals surface area contributed by atoms with Gasteiger partial charge in [0, 0.05) is 10.8 Å². The van der Waals surface area contributed by atoms with E-state index >= 15 is 0 Å². The molecule has 0 bridgehead atoms. The minimum absolute atomic E-state index is 0.0390. The number of aliphatic hydroxyl groups excluding tert-OH is 2. The molecule has 226 valence electrons. The van der Waals surface area contributed by atoms with Crippen molar-refractivity contribution in [2.24, 2.45) is 56.7 Å². The average molecular weight is 561 g/mol. The summed E-state index contributed by atoms with van der Waals surface area (Å²) in [4.78, 5) is 0. The molecule has 0 spiro atoms. The predicted molar refractivity (Wildman–Crippen MR) is 167 cm³/mol. The van der Waals surface area contributed by atoms with Crippen LogP contribution in [0.5, 0.6) is 0 Å². The van der Waals surface area contributed by atoms with Crippen LogP contribution in [-0.4, -0.2) is 22.9 Å².